The van der Waals surface area contributed by atoms with E-state index in [4.69, 9.17) is 23.2 Å². The molecule has 0 N–H and O–H groups in total. The van der Waals surface area contributed by atoms with Crippen molar-refractivity contribution in [1.82, 2.24) is 9.55 Å². The van der Waals surface area contributed by atoms with Crippen molar-refractivity contribution in [3.63, 3.8) is 0 Å². The van der Waals surface area contributed by atoms with E-state index in [0.717, 1.165) is 16.7 Å². The van der Waals surface area contributed by atoms with Crippen LogP contribution < -0.4 is 0 Å². The molecule has 0 saturated carbocycles. The summed E-state index contributed by atoms with van der Waals surface area (Å²) in [6.07, 6.45) is 3.63. The molecule has 0 amide bonds. The maximum atomic E-state index is 6.06. The summed E-state index contributed by atoms with van der Waals surface area (Å²) in [5.41, 5.74) is 1.79. The molecule has 2 aromatic rings. The monoisotopic (exact) mass is 304 g/mol. The minimum atomic E-state index is 0.651. The molecular weight excluding hydrogens is 299 g/mol. The topological polar surface area (TPSA) is 17.8 Å². The van der Waals surface area contributed by atoms with Crippen molar-refractivity contribution in [2.24, 2.45) is 0 Å². The second-order valence-electron chi connectivity index (χ2n) is 3.00. The number of alkyl halides is 1. The Morgan fingerprint density at radius 3 is 2.80 bits per heavy atom. The molecule has 0 aliphatic rings. The molecule has 1 aromatic heterocycles. The lowest BCUT2D eigenvalue weighted by Gasteiger charge is -2.04. The van der Waals surface area contributed by atoms with Crippen LogP contribution in [0.2, 0.25) is 10.0 Å². The Kier molecular flexibility index (Phi) is 3.34. The van der Waals surface area contributed by atoms with Crippen LogP contribution in [0.25, 0.3) is 5.69 Å². The normalized spacial score (nSPS) is 10.6. The minimum Gasteiger partial charge on any atom is -0.304 e. The summed E-state index contributed by atoms with van der Waals surface area (Å²) in [6.45, 7) is 0. The highest BCUT2D eigenvalue weighted by Gasteiger charge is 2.04. The number of rotatable bonds is 2. The van der Waals surface area contributed by atoms with Gasteiger partial charge in [-0.2, -0.15) is 0 Å². The molecule has 0 fully saturated rings. The van der Waals surface area contributed by atoms with Crippen molar-refractivity contribution in [2.75, 3.05) is 0 Å². The van der Waals surface area contributed by atoms with E-state index in [1.54, 1.807) is 18.5 Å². The first-order valence-corrected chi connectivity index (χ1v) is 6.12. The van der Waals surface area contributed by atoms with Gasteiger partial charge >= 0.3 is 0 Å². The molecule has 0 saturated heterocycles. The second-order valence-corrected chi connectivity index (χ2v) is 4.41. The van der Waals surface area contributed by atoms with Gasteiger partial charge in [0.1, 0.15) is 0 Å². The number of nitrogens with zero attached hydrogens (tertiary/aromatic N) is 2. The van der Waals surface area contributed by atoms with E-state index in [-0.39, 0.29) is 0 Å². The summed E-state index contributed by atoms with van der Waals surface area (Å²) in [6, 6.07) is 5.34. The van der Waals surface area contributed by atoms with E-state index in [1.165, 1.54) is 0 Å². The largest absolute Gasteiger partial charge is 0.304 e. The summed E-state index contributed by atoms with van der Waals surface area (Å²) in [7, 11) is 0. The van der Waals surface area contributed by atoms with E-state index in [0.29, 0.717) is 10.0 Å². The SMILES string of the molecule is Clc1ccc(Cl)c(-n2cnc(CBr)c2)c1. The van der Waals surface area contributed by atoms with Gasteiger partial charge in [0.05, 0.1) is 22.7 Å². The zero-order valence-corrected chi connectivity index (χ0v) is 10.7. The minimum absolute atomic E-state index is 0.651. The molecular formula is C10H7BrCl2N2. The number of halogens is 3. The van der Waals surface area contributed by atoms with Gasteiger partial charge in [-0.3, -0.25) is 0 Å². The Bertz CT molecular complexity index is 482. The van der Waals surface area contributed by atoms with Crippen molar-refractivity contribution < 1.29 is 0 Å². The molecule has 15 heavy (non-hydrogen) atoms. The lowest BCUT2D eigenvalue weighted by Crippen LogP contribution is -1.90. The zero-order chi connectivity index (χ0) is 10.8. The van der Waals surface area contributed by atoms with Crippen molar-refractivity contribution in [2.45, 2.75) is 5.33 Å². The maximum Gasteiger partial charge on any atom is 0.0996 e. The van der Waals surface area contributed by atoms with E-state index >= 15 is 0 Å². The van der Waals surface area contributed by atoms with Crippen molar-refractivity contribution in [3.8, 4) is 5.69 Å². The molecule has 2 nitrogen and oxygen atoms in total. The van der Waals surface area contributed by atoms with Crippen LogP contribution in [0, 0.1) is 0 Å². The zero-order valence-electron chi connectivity index (χ0n) is 7.62. The molecule has 2 rings (SSSR count). The van der Waals surface area contributed by atoms with Crippen LogP contribution >= 0.6 is 39.1 Å². The Morgan fingerprint density at radius 2 is 2.13 bits per heavy atom. The molecule has 0 unspecified atom stereocenters. The van der Waals surface area contributed by atoms with Crippen LogP contribution in [0.15, 0.2) is 30.7 Å². The van der Waals surface area contributed by atoms with Gasteiger partial charge in [-0.15, -0.1) is 0 Å². The van der Waals surface area contributed by atoms with E-state index in [1.807, 2.05) is 16.8 Å². The third-order valence-electron chi connectivity index (χ3n) is 1.96. The maximum absolute atomic E-state index is 6.06. The molecule has 0 aliphatic heterocycles. The highest BCUT2D eigenvalue weighted by molar-refractivity contribution is 9.08. The molecule has 78 valence electrons. The van der Waals surface area contributed by atoms with Gasteiger partial charge in [-0.25, -0.2) is 4.98 Å². The van der Waals surface area contributed by atoms with Crippen molar-refractivity contribution in [3.05, 3.63) is 46.5 Å². The van der Waals surface area contributed by atoms with Gasteiger partial charge in [0.25, 0.3) is 0 Å². The van der Waals surface area contributed by atoms with Gasteiger partial charge in [-0.1, -0.05) is 39.1 Å². The molecule has 5 heteroatoms. The predicted octanol–water partition coefficient (Wildman–Crippen LogP) is 4.07. The number of hydrogen-bond acceptors (Lipinski definition) is 1. The van der Waals surface area contributed by atoms with Gasteiger partial charge in [0.15, 0.2) is 0 Å². The number of aromatic nitrogens is 2. The molecule has 0 spiro atoms. The highest BCUT2D eigenvalue weighted by atomic mass is 79.9. The van der Waals surface area contributed by atoms with Crippen LogP contribution in [0.3, 0.4) is 0 Å². The lowest BCUT2D eigenvalue weighted by atomic mass is 10.3. The number of benzene rings is 1. The molecule has 0 aliphatic carbocycles. The lowest BCUT2D eigenvalue weighted by molar-refractivity contribution is 1.06. The fourth-order valence-electron chi connectivity index (χ4n) is 1.25. The fourth-order valence-corrected chi connectivity index (χ4v) is 1.92. The predicted molar refractivity (Wildman–Crippen MR) is 66.2 cm³/mol. The standard InChI is InChI=1S/C10H7BrCl2N2/c11-4-8-5-15(6-14-8)10-3-7(12)1-2-9(10)13/h1-3,5-6H,4H2. The van der Waals surface area contributed by atoms with Crippen LogP contribution in [-0.2, 0) is 5.33 Å². The highest BCUT2D eigenvalue weighted by Crippen LogP contribution is 2.24. The molecule has 1 aromatic carbocycles. The summed E-state index contributed by atoms with van der Waals surface area (Å²) in [5.74, 6) is 0. The summed E-state index contributed by atoms with van der Waals surface area (Å²) >= 11 is 15.3. The van der Waals surface area contributed by atoms with Gasteiger partial charge in [0, 0.05) is 16.5 Å². The van der Waals surface area contributed by atoms with Crippen molar-refractivity contribution in [1.29, 1.82) is 0 Å². The van der Waals surface area contributed by atoms with Crippen molar-refractivity contribution >= 4 is 39.1 Å². The van der Waals surface area contributed by atoms with Crippen LogP contribution in [0.5, 0.6) is 0 Å². The molecule has 1 heterocycles. The van der Waals surface area contributed by atoms with Crippen LogP contribution in [-0.4, -0.2) is 9.55 Å². The fraction of sp³-hybridized carbons (Fsp3) is 0.100. The summed E-state index contributed by atoms with van der Waals surface area (Å²) < 4.78 is 1.85. The summed E-state index contributed by atoms with van der Waals surface area (Å²) in [5, 5.41) is 2.03. The molecule has 0 radical (unpaired) electrons. The second kappa shape index (κ2) is 4.56. The average molecular weight is 306 g/mol. The Labute approximate surface area is 106 Å². The van der Waals surface area contributed by atoms with Gasteiger partial charge in [0.2, 0.25) is 0 Å². The van der Waals surface area contributed by atoms with E-state index < -0.39 is 0 Å². The first kappa shape index (κ1) is 11.0. The van der Waals surface area contributed by atoms with E-state index in [2.05, 4.69) is 20.9 Å². The Morgan fingerprint density at radius 1 is 1.33 bits per heavy atom. The Balaban J connectivity index is 2.48. The molecule has 0 atom stereocenters. The Hall–Kier alpha value is -0.510. The first-order valence-electron chi connectivity index (χ1n) is 4.25. The van der Waals surface area contributed by atoms with E-state index in [9.17, 15) is 0 Å². The molecule has 0 bridgehead atoms. The summed E-state index contributed by atoms with van der Waals surface area (Å²) in [4.78, 5) is 4.20. The quantitative estimate of drug-likeness (QED) is 0.765. The van der Waals surface area contributed by atoms with Gasteiger partial charge < -0.3 is 4.57 Å². The third kappa shape index (κ3) is 2.36. The average Bonchev–Trinajstić information content (AvgIpc) is 2.70. The smallest absolute Gasteiger partial charge is 0.0996 e. The third-order valence-corrected chi connectivity index (χ3v) is 3.09. The van der Waals surface area contributed by atoms with Gasteiger partial charge in [-0.05, 0) is 18.2 Å². The first-order chi connectivity index (χ1) is 7.20. The number of hydrogen-bond donors (Lipinski definition) is 0. The van der Waals surface area contributed by atoms with Crippen LogP contribution in [0.4, 0.5) is 0 Å². The number of imidazole rings is 1. The van der Waals surface area contributed by atoms with Crippen LogP contribution in [0.1, 0.15) is 5.69 Å².